The summed E-state index contributed by atoms with van der Waals surface area (Å²) in [6.45, 7) is 0.272. The molecule has 27 heavy (non-hydrogen) atoms. The summed E-state index contributed by atoms with van der Waals surface area (Å²) in [6.07, 6.45) is 2.39. The van der Waals surface area contributed by atoms with Gasteiger partial charge in [-0.1, -0.05) is 5.21 Å². The Kier molecular flexibility index (Phi) is 9.07. The number of nitrogens with one attached hydrogen (secondary N) is 2. The second-order valence-corrected chi connectivity index (χ2v) is 6.12. The van der Waals surface area contributed by atoms with Crippen LogP contribution in [0.1, 0.15) is 11.7 Å². The molecule has 0 aliphatic carbocycles. The van der Waals surface area contributed by atoms with Crippen molar-refractivity contribution in [3.63, 3.8) is 0 Å². The van der Waals surface area contributed by atoms with Crippen molar-refractivity contribution in [3.05, 3.63) is 30.6 Å². The maximum atomic E-state index is 10.3. The van der Waals surface area contributed by atoms with E-state index in [9.17, 15) is 15.3 Å². The molecule has 5 N–H and O–H groups in total. The minimum Gasteiger partial charge on any atom is -0.394 e. The van der Waals surface area contributed by atoms with Gasteiger partial charge in [-0.15, -0.1) is 16.7 Å². The van der Waals surface area contributed by atoms with Gasteiger partial charge in [0, 0.05) is 24.8 Å². The molecule has 1 fully saturated rings. The van der Waals surface area contributed by atoms with Crippen molar-refractivity contribution in [2.45, 2.75) is 37.2 Å². The van der Waals surface area contributed by atoms with Crippen molar-refractivity contribution in [1.82, 2.24) is 30.3 Å². The van der Waals surface area contributed by atoms with Crippen LogP contribution < -0.4 is 5.32 Å². The highest BCUT2D eigenvalue weighted by atomic mass is 35.5. The number of nitrogens with zero attached hydrogens (tertiary/aromatic N) is 4. The van der Waals surface area contributed by atoms with E-state index in [4.69, 9.17) is 21.1 Å². The van der Waals surface area contributed by atoms with Gasteiger partial charge >= 0.3 is 0 Å². The van der Waals surface area contributed by atoms with Gasteiger partial charge in [-0.2, -0.15) is 0 Å². The monoisotopic (exact) mass is 404 g/mol. The third kappa shape index (κ3) is 5.94. The lowest BCUT2D eigenvalue weighted by molar-refractivity contribution is -0.280. The van der Waals surface area contributed by atoms with E-state index in [1.165, 1.54) is 4.68 Å². The highest BCUT2D eigenvalue weighted by molar-refractivity contribution is 6.17. The summed E-state index contributed by atoms with van der Waals surface area (Å²) in [5, 5.41) is 40.5. The molecule has 1 saturated heterocycles. The second-order valence-electron chi connectivity index (χ2n) is 5.74. The van der Waals surface area contributed by atoms with Crippen molar-refractivity contribution in [3.8, 4) is 0 Å². The first-order valence-electron chi connectivity index (χ1n) is 8.40. The summed E-state index contributed by atoms with van der Waals surface area (Å²) in [4.78, 5) is 6.42. The van der Waals surface area contributed by atoms with E-state index >= 15 is 0 Å². The van der Waals surface area contributed by atoms with Crippen LogP contribution in [0.25, 0.3) is 0 Å². The summed E-state index contributed by atoms with van der Waals surface area (Å²) in [5.74, 6) is 0.247. The molecular formula is C15H25ClN6O5. The van der Waals surface area contributed by atoms with Gasteiger partial charge in [0.15, 0.2) is 6.29 Å². The topological polar surface area (TPSA) is 151 Å². The first-order chi connectivity index (χ1) is 13.1. The number of rotatable bonds is 7. The quantitative estimate of drug-likeness (QED) is 0.352. The summed E-state index contributed by atoms with van der Waals surface area (Å²) < 4.78 is 12.4. The third-order valence-electron chi connectivity index (χ3n) is 3.83. The van der Waals surface area contributed by atoms with Gasteiger partial charge in [-0.05, 0) is 7.05 Å². The van der Waals surface area contributed by atoms with E-state index in [2.05, 4.69) is 25.6 Å². The van der Waals surface area contributed by atoms with Crippen molar-refractivity contribution in [2.24, 2.45) is 0 Å². The van der Waals surface area contributed by atoms with Gasteiger partial charge in [-0.25, -0.2) is 9.67 Å². The largest absolute Gasteiger partial charge is 0.394 e. The third-order valence-corrected chi connectivity index (χ3v) is 3.99. The molecule has 5 atom stereocenters. The number of ether oxygens (including phenoxy) is 2. The molecule has 0 amide bonds. The van der Waals surface area contributed by atoms with Crippen molar-refractivity contribution >= 4 is 11.6 Å². The first-order valence-corrected chi connectivity index (χ1v) is 8.93. The summed E-state index contributed by atoms with van der Waals surface area (Å²) in [5.41, 5.74) is 0.671. The van der Waals surface area contributed by atoms with E-state index in [-0.39, 0.29) is 12.5 Å². The zero-order valence-corrected chi connectivity index (χ0v) is 15.6. The summed E-state index contributed by atoms with van der Waals surface area (Å²) in [6, 6.07) is -0.792. The number of H-pyrrole nitrogens is 1. The highest BCUT2D eigenvalue weighted by Crippen LogP contribution is 2.30. The number of aromatic amines is 1. The molecule has 1 aliphatic rings. The molecule has 5 unspecified atom stereocenters. The van der Waals surface area contributed by atoms with Crippen LogP contribution >= 0.6 is 11.6 Å². The lowest BCUT2D eigenvalue weighted by atomic mass is 9.97. The lowest BCUT2D eigenvalue weighted by Crippen LogP contribution is -2.57. The SMILES string of the molecule is CNCc1cn(C2C(OCCCl)OC(CO)C(O)C2O)nn1.c1c[nH]cn1. The fraction of sp³-hybridized carbons (Fsp3) is 0.667. The molecular weight excluding hydrogens is 380 g/mol. The predicted molar refractivity (Wildman–Crippen MR) is 94.8 cm³/mol. The van der Waals surface area contributed by atoms with Gasteiger partial charge in [-0.3, -0.25) is 0 Å². The van der Waals surface area contributed by atoms with Crippen LogP contribution in [-0.2, 0) is 16.0 Å². The Morgan fingerprint density at radius 3 is 2.78 bits per heavy atom. The van der Waals surface area contributed by atoms with Crippen molar-refractivity contribution < 1.29 is 24.8 Å². The number of halogens is 1. The Morgan fingerprint density at radius 2 is 2.22 bits per heavy atom. The van der Waals surface area contributed by atoms with Crippen molar-refractivity contribution in [1.29, 1.82) is 0 Å². The molecule has 12 heteroatoms. The van der Waals surface area contributed by atoms with E-state index in [1.807, 2.05) is 0 Å². The molecule has 0 aromatic carbocycles. The van der Waals surface area contributed by atoms with E-state index in [0.717, 1.165) is 0 Å². The number of alkyl halides is 1. The van der Waals surface area contributed by atoms with Gasteiger partial charge in [0.25, 0.3) is 0 Å². The van der Waals surface area contributed by atoms with E-state index < -0.39 is 37.3 Å². The molecule has 2 aromatic heterocycles. The fourth-order valence-electron chi connectivity index (χ4n) is 2.58. The van der Waals surface area contributed by atoms with Crippen LogP contribution in [-0.4, -0.2) is 91.0 Å². The first kappa shape index (κ1) is 21.7. The lowest BCUT2D eigenvalue weighted by Gasteiger charge is -2.41. The summed E-state index contributed by atoms with van der Waals surface area (Å²) in [7, 11) is 1.78. The maximum Gasteiger partial charge on any atom is 0.183 e. The van der Waals surface area contributed by atoms with Crippen LogP contribution in [0.2, 0.25) is 0 Å². The van der Waals surface area contributed by atoms with Gasteiger partial charge in [0.05, 0.1) is 31.4 Å². The number of aliphatic hydroxyl groups is 3. The zero-order chi connectivity index (χ0) is 19.6. The molecule has 0 radical (unpaired) electrons. The minimum absolute atomic E-state index is 0.196. The number of aromatic nitrogens is 5. The molecule has 11 nitrogen and oxygen atoms in total. The van der Waals surface area contributed by atoms with E-state index in [1.54, 1.807) is 32.0 Å². The standard InChI is InChI=1S/C12H21ClN4O5.C3H4N2/c1-14-4-7-5-17(16-15-7)9-11(20)10(19)8(6-18)22-12(9)21-3-2-13;1-2-5-3-4-1/h5,8-12,14,18-20H,2-4,6H2,1H3;1-3H,(H,4,5). The van der Waals surface area contributed by atoms with Crippen LogP contribution in [0.5, 0.6) is 0 Å². The molecule has 0 spiro atoms. The molecule has 1 aliphatic heterocycles. The van der Waals surface area contributed by atoms with Gasteiger partial charge in [0.2, 0.25) is 0 Å². The fourth-order valence-corrected chi connectivity index (χ4v) is 2.67. The van der Waals surface area contributed by atoms with E-state index in [0.29, 0.717) is 12.2 Å². The zero-order valence-electron chi connectivity index (χ0n) is 14.8. The molecule has 0 saturated carbocycles. The average Bonchev–Trinajstić information content (AvgIpc) is 3.38. The molecule has 3 heterocycles. The molecule has 2 aromatic rings. The normalized spacial score (nSPS) is 27.8. The Morgan fingerprint density at radius 1 is 1.41 bits per heavy atom. The Labute approximate surface area is 161 Å². The maximum absolute atomic E-state index is 10.3. The predicted octanol–water partition coefficient (Wildman–Crippen LogP) is -1.36. The summed E-state index contributed by atoms with van der Waals surface area (Å²) >= 11 is 5.61. The number of hydrogen-bond donors (Lipinski definition) is 5. The van der Waals surface area contributed by atoms with Crippen LogP contribution in [0, 0.1) is 0 Å². The number of imidazole rings is 1. The van der Waals surface area contributed by atoms with Crippen LogP contribution in [0.3, 0.4) is 0 Å². The Bertz CT molecular complexity index is 613. The van der Waals surface area contributed by atoms with Crippen LogP contribution in [0.15, 0.2) is 24.9 Å². The number of hydrogen-bond acceptors (Lipinski definition) is 9. The van der Waals surface area contributed by atoms with Crippen LogP contribution in [0.4, 0.5) is 0 Å². The average molecular weight is 405 g/mol. The second kappa shape index (κ2) is 11.3. The molecule has 3 rings (SSSR count). The minimum atomic E-state index is -1.26. The highest BCUT2D eigenvalue weighted by Gasteiger charge is 2.46. The molecule has 0 bridgehead atoms. The smallest absolute Gasteiger partial charge is 0.183 e. The van der Waals surface area contributed by atoms with Gasteiger partial charge < -0.3 is 35.1 Å². The number of aliphatic hydroxyl groups excluding tert-OH is 3. The molecule has 152 valence electrons. The van der Waals surface area contributed by atoms with Gasteiger partial charge in [0.1, 0.15) is 24.4 Å². The Balaban J connectivity index is 0.000000451. The van der Waals surface area contributed by atoms with Crippen molar-refractivity contribution in [2.75, 3.05) is 26.1 Å². The Hall–Kier alpha value is -1.60.